The van der Waals surface area contributed by atoms with E-state index in [0.29, 0.717) is 12.0 Å². The van der Waals surface area contributed by atoms with Crippen LogP contribution in [0.25, 0.3) is 10.1 Å². The molecule has 2 aromatic heterocycles. The van der Waals surface area contributed by atoms with E-state index in [-0.39, 0.29) is 5.78 Å². The molecule has 4 rings (SSSR count). The van der Waals surface area contributed by atoms with Crippen molar-refractivity contribution >= 4 is 43.5 Å². The molecule has 5 heteroatoms. The summed E-state index contributed by atoms with van der Waals surface area (Å²) in [6, 6.07) is 10.5. The average molecular weight is 399 g/mol. The zero-order chi connectivity index (χ0) is 19.0. The number of ketones is 1. The van der Waals surface area contributed by atoms with Gasteiger partial charge in [-0.1, -0.05) is 13.0 Å². The largest absolute Gasteiger partial charge is 0.390 e. The number of likely N-dealkylation sites (tertiary alicyclic amines) is 1. The molecule has 0 aliphatic carbocycles. The van der Waals surface area contributed by atoms with Crippen LogP contribution in [0.3, 0.4) is 0 Å². The predicted octanol–water partition coefficient (Wildman–Crippen LogP) is 5.75. The van der Waals surface area contributed by atoms with Crippen LogP contribution in [0.4, 0.5) is 5.00 Å². The van der Waals surface area contributed by atoms with Gasteiger partial charge in [0.1, 0.15) is 0 Å². The highest BCUT2D eigenvalue weighted by molar-refractivity contribution is 7.22. The van der Waals surface area contributed by atoms with Gasteiger partial charge in [0.2, 0.25) is 5.78 Å². The van der Waals surface area contributed by atoms with Crippen LogP contribution >= 0.6 is 22.7 Å². The van der Waals surface area contributed by atoms with E-state index < -0.39 is 0 Å². The first-order valence-electron chi connectivity index (χ1n) is 9.72. The Bertz CT molecular complexity index is 937. The van der Waals surface area contributed by atoms with Gasteiger partial charge in [-0.25, -0.2) is 0 Å². The number of carbonyl (C=O) groups is 1. The second-order valence-electron chi connectivity index (χ2n) is 7.46. The molecule has 0 bridgehead atoms. The lowest BCUT2D eigenvalue weighted by atomic mass is 9.87. The highest BCUT2D eigenvalue weighted by Gasteiger charge is 2.27. The van der Waals surface area contributed by atoms with Gasteiger partial charge in [-0.05, 0) is 85.8 Å². The number of piperidine rings is 1. The van der Waals surface area contributed by atoms with Crippen molar-refractivity contribution in [2.75, 3.05) is 18.8 Å². The highest BCUT2D eigenvalue weighted by Crippen LogP contribution is 2.43. The molecule has 0 radical (unpaired) electrons. The minimum absolute atomic E-state index is 0.106. The molecule has 0 saturated carbocycles. The van der Waals surface area contributed by atoms with Gasteiger partial charge in [-0.2, -0.15) is 0 Å². The number of anilines is 1. The topological polar surface area (TPSA) is 46.3 Å². The average Bonchev–Trinajstić information content (AvgIpc) is 3.33. The highest BCUT2D eigenvalue weighted by atomic mass is 32.1. The summed E-state index contributed by atoms with van der Waals surface area (Å²) in [5.74, 6) is 0.598. The van der Waals surface area contributed by atoms with E-state index in [1.54, 1.807) is 11.3 Å². The van der Waals surface area contributed by atoms with E-state index in [1.165, 1.54) is 33.4 Å². The van der Waals surface area contributed by atoms with E-state index in [0.717, 1.165) is 41.4 Å². The van der Waals surface area contributed by atoms with Crippen molar-refractivity contribution in [2.24, 2.45) is 0 Å². The van der Waals surface area contributed by atoms with E-state index >= 15 is 0 Å². The smallest absolute Gasteiger partial charge is 0.202 e. The Morgan fingerprint density at radius 2 is 2.07 bits per heavy atom. The lowest BCUT2D eigenvalue weighted by molar-refractivity contribution is 0.104. The molecule has 1 atom stereocenters. The Hall–Kier alpha value is -1.69. The molecular weight excluding hydrogens is 372 g/mol. The molecule has 1 saturated heterocycles. The molecule has 3 nitrogen and oxygen atoms in total. The second-order valence-corrected chi connectivity index (χ2v) is 9.50. The van der Waals surface area contributed by atoms with Crippen molar-refractivity contribution in [1.29, 1.82) is 0 Å². The summed E-state index contributed by atoms with van der Waals surface area (Å²) in [4.78, 5) is 16.2. The van der Waals surface area contributed by atoms with Crippen molar-refractivity contribution in [2.45, 2.75) is 45.1 Å². The van der Waals surface area contributed by atoms with Gasteiger partial charge < -0.3 is 10.6 Å². The van der Waals surface area contributed by atoms with Crippen LogP contribution in [0.5, 0.6) is 0 Å². The first kappa shape index (κ1) is 18.7. The number of nitrogens with zero attached hydrogens (tertiary/aromatic N) is 1. The Kier molecular flexibility index (Phi) is 5.35. The van der Waals surface area contributed by atoms with Crippen LogP contribution in [-0.2, 0) is 0 Å². The molecule has 3 aromatic rings. The van der Waals surface area contributed by atoms with E-state index in [4.69, 9.17) is 5.73 Å². The maximum Gasteiger partial charge on any atom is 0.202 e. The van der Waals surface area contributed by atoms with Crippen LogP contribution in [0.2, 0.25) is 0 Å². The minimum atomic E-state index is 0.106. The molecule has 1 unspecified atom stereocenters. The quantitative estimate of drug-likeness (QED) is 0.556. The summed E-state index contributed by atoms with van der Waals surface area (Å²) >= 11 is 3.15. The number of fused-ring (bicyclic) bond motifs is 1. The van der Waals surface area contributed by atoms with Crippen LogP contribution in [0, 0.1) is 0 Å². The molecule has 1 aliphatic heterocycles. The zero-order valence-electron chi connectivity index (χ0n) is 15.9. The summed E-state index contributed by atoms with van der Waals surface area (Å²) in [5, 5.41) is 4.06. The second kappa shape index (κ2) is 7.74. The van der Waals surface area contributed by atoms with Crippen LogP contribution in [0.1, 0.15) is 59.8 Å². The maximum atomic E-state index is 12.8. The summed E-state index contributed by atoms with van der Waals surface area (Å²) in [7, 11) is 0. The SMILES string of the molecule is CCC(C)N1CCC(c2c(N)sc3ccc(C(=O)c4cccs4)cc23)CC1. The fourth-order valence-electron chi connectivity index (χ4n) is 4.14. The first-order chi connectivity index (χ1) is 13.1. The number of nitrogen functional groups attached to an aromatic ring is 1. The number of hydrogen-bond acceptors (Lipinski definition) is 5. The number of thiophene rings is 2. The standard InChI is InChI=1S/C22H26N2OS2/c1-3-14(2)24-10-8-15(9-11-24)20-17-13-16(6-7-18(17)27-22(20)23)21(25)19-5-4-12-26-19/h4-7,12-15H,3,8-11,23H2,1-2H3. The number of benzene rings is 1. The third-order valence-corrected chi connectivity index (χ3v) is 7.80. The summed E-state index contributed by atoms with van der Waals surface area (Å²) in [6.45, 7) is 6.83. The van der Waals surface area contributed by atoms with E-state index in [9.17, 15) is 4.79 Å². The van der Waals surface area contributed by atoms with Crippen molar-refractivity contribution < 1.29 is 4.79 Å². The lowest BCUT2D eigenvalue weighted by Crippen LogP contribution is -2.39. The van der Waals surface area contributed by atoms with Gasteiger partial charge in [-0.3, -0.25) is 4.79 Å². The van der Waals surface area contributed by atoms with Gasteiger partial charge in [0, 0.05) is 16.3 Å². The molecule has 1 aliphatic rings. The number of rotatable bonds is 5. The van der Waals surface area contributed by atoms with E-state index in [1.807, 2.05) is 23.6 Å². The van der Waals surface area contributed by atoms with Crippen LogP contribution in [-0.4, -0.2) is 29.8 Å². The fraction of sp³-hybridized carbons (Fsp3) is 0.409. The van der Waals surface area contributed by atoms with Crippen molar-refractivity contribution in [3.8, 4) is 0 Å². The summed E-state index contributed by atoms with van der Waals surface area (Å²) in [5.41, 5.74) is 8.49. The Morgan fingerprint density at radius 1 is 1.30 bits per heavy atom. The Morgan fingerprint density at radius 3 is 2.74 bits per heavy atom. The fourth-order valence-corrected chi connectivity index (χ4v) is 5.86. The molecule has 1 aromatic carbocycles. The predicted molar refractivity (Wildman–Crippen MR) is 117 cm³/mol. The van der Waals surface area contributed by atoms with E-state index in [2.05, 4.69) is 30.9 Å². The third kappa shape index (κ3) is 3.56. The van der Waals surface area contributed by atoms with Gasteiger partial charge in [-0.15, -0.1) is 22.7 Å². The summed E-state index contributed by atoms with van der Waals surface area (Å²) < 4.78 is 1.19. The van der Waals surface area contributed by atoms with Crippen LogP contribution < -0.4 is 5.73 Å². The maximum absolute atomic E-state index is 12.8. The van der Waals surface area contributed by atoms with Gasteiger partial charge >= 0.3 is 0 Å². The normalized spacial score (nSPS) is 17.4. The van der Waals surface area contributed by atoms with Crippen molar-refractivity contribution in [3.63, 3.8) is 0 Å². The number of carbonyl (C=O) groups excluding carboxylic acids is 1. The molecule has 1 fully saturated rings. The molecule has 0 amide bonds. The Labute approximate surface area is 168 Å². The molecule has 27 heavy (non-hydrogen) atoms. The monoisotopic (exact) mass is 398 g/mol. The number of nitrogens with two attached hydrogens (primary N) is 1. The third-order valence-electron chi connectivity index (χ3n) is 5.91. The van der Waals surface area contributed by atoms with Gasteiger partial charge in [0.15, 0.2) is 0 Å². The molecule has 3 heterocycles. The zero-order valence-corrected chi connectivity index (χ0v) is 17.5. The first-order valence-corrected chi connectivity index (χ1v) is 11.4. The van der Waals surface area contributed by atoms with Crippen molar-refractivity contribution in [1.82, 2.24) is 4.90 Å². The number of hydrogen-bond donors (Lipinski definition) is 1. The molecular formula is C22H26N2OS2. The Balaban J connectivity index is 1.64. The lowest BCUT2D eigenvalue weighted by Gasteiger charge is -2.36. The van der Waals surface area contributed by atoms with Gasteiger partial charge in [0.25, 0.3) is 0 Å². The molecule has 142 valence electrons. The summed E-state index contributed by atoms with van der Waals surface area (Å²) in [6.07, 6.45) is 3.48. The van der Waals surface area contributed by atoms with Crippen molar-refractivity contribution in [3.05, 3.63) is 51.7 Å². The minimum Gasteiger partial charge on any atom is -0.390 e. The van der Waals surface area contributed by atoms with Gasteiger partial charge in [0.05, 0.1) is 9.88 Å². The van der Waals surface area contributed by atoms with Crippen LogP contribution in [0.15, 0.2) is 35.7 Å². The molecule has 2 N–H and O–H groups in total. The molecule has 0 spiro atoms.